The number of aryl methyl sites for hydroxylation is 2. The van der Waals surface area contributed by atoms with Crippen LogP contribution in [0.5, 0.6) is 0 Å². The minimum Gasteiger partial charge on any atom is -0.206 e. The van der Waals surface area contributed by atoms with Crippen LogP contribution in [0.15, 0.2) is 12.1 Å². The number of hydrogen-bond donors (Lipinski definition) is 0. The second kappa shape index (κ2) is 4.09. The van der Waals surface area contributed by atoms with Crippen LogP contribution < -0.4 is 0 Å². The molecule has 88 valence electrons. The maximum absolute atomic E-state index is 13.8. The molecule has 4 heteroatoms. The Morgan fingerprint density at radius 3 is 1.44 bits per heavy atom. The van der Waals surface area contributed by atoms with Crippen LogP contribution in [0.4, 0.5) is 8.78 Å². The highest BCUT2D eigenvalue weighted by atomic mass is 19.1. The van der Waals surface area contributed by atoms with Gasteiger partial charge < -0.3 is 0 Å². The number of fused-ring (bicyclic) bond motifs is 1. The molecule has 0 aliphatic carbocycles. The summed E-state index contributed by atoms with van der Waals surface area (Å²) in [5.41, 5.74) is 0.803. The number of halogens is 2. The molecule has 0 aromatic heterocycles. The van der Waals surface area contributed by atoms with Gasteiger partial charge in [-0.15, -0.1) is 0 Å². The molecular formula is C14H8F2N2. The molecule has 2 aromatic carbocycles. The van der Waals surface area contributed by atoms with Gasteiger partial charge in [-0.2, -0.15) is 10.5 Å². The highest BCUT2D eigenvalue weighted by molar-refractivity contribution is 5.93. The van der Waals surface area contributed by atoms with Gasteiger partial charge in [0.05, 0.1) is 11.1 Å². The molecule has 0 aliphatic rings. The maximum atomic E-state index is 13.8. The van der Waals surface area contributed by atoms with E-state index in [-0.39, 0.29) is 21.9 Å². The first-order chi connectivity index (χ1) is 8.52. The SMILES string of the molecule is Cc1c(C#N)c(C#N)c(C)c2c(F)ccc(F)c12. The first-order valence-corrected chi connectivity index (χ1v) is 5.24. The normalized spacial score (nSPS) is 10.1. The van der Waals surface area contributed by atoms with E-state index in [1.165, 1.54) is 13.8 Å². The zero-order chi connectivity index (χ0) is 13.4. The molecule has 0 spiro atoms. The lowest BCUT2D eigenvalue weighted by molar-refractivity contribution is 0.616. The third-order valence-corrected chi connectivity index (χ3v) is 3.08. The summed E-state index contributed by atoms with van der Waals surface area (Å²) in [6.45, 7) is 3.04. The van der Waals surface area contributed by atoms with Gasteiger partial charge in [-0.25, -0.2) is 8.78 Å². The minimum absolute atomic E-state index is 0.0723. The lowest BCUT2D eigenvalue weighted by Crippen LogP contribution is -1.99. The van der Waals surface area contributed by atoms with Gasteiger partial charge in [0.1, 0.15) is 23.8 Å². The second-order valence-corrected chi connectivity index (χ2v) is 4.00. The molecule has 0 heterocycles. The Morgan fingerprint density at radius 2 is 1.17 bits per heavy atom. The highest BCUT2D eigenvalue weighted by Crippen LogP contribution is 2.32. The van der Waals surface area contributed by atoms with Crippen LogP contribution in [0.2, 0.25) is 0 Å². The Morgan fingerprint density at radius 1 is 0.833 bits per heavy atom. The summed E-state index contributed by atoms with van der Waals surface area (Å²) in [7, 11) is 0. The summed E-state index contributed by atoms with van der Waals surface area (Å²) in [6.07, 6.45) is 0. The summed E-state index contributed by atoms with van der Waals surface area (Å²) in [5, 5.41) is 18.3. The van der Waals surface area contributed by atoms with Crippen molar-refractivity contribution in [1.29, 1.82) is 10.5 Å². The predicted molar refractivity (Wildman–Crippen MR) is 62.8 cm³/mol. The quantitative estimate of drug-likeness (QED) is 0.710. The van der Waals surface area contributed by atoms with Gasteiger partial charge in [0.25, 0.3) is 0 Å². The zero-order valence-electron chi connectivity index (χ0n) is 9.81. The van der Waals surface area contributed by atoms with Crippen molar-refractivity contribution in [3.63, 3.8) is 0 Å². The fraction of sp³-hybridized carbons (Fsp3) is 0.143. The van der Waals surface area contributed by atoms with Crippen LogP contribution in [0.25, 0.3) is 10.8 Å². The lowest BCUT2D eigenvalue weighted by Gasteiger charge is -2.12. The third kappa shape index (κ3) is 1.43. The fourth-order valence-corrected chi connectivity index (χ4v) is 2.19. The summed E-state index contributed by atoms with van der Waals surface area (Å²) in [6, 6.07) is 5.82. The van der Waals surface area contributed by atoms with Crippen LogP contribution >= 0.6 is 0 Å². The van der Waals surface area contributed by atoms with Crippen molar-refractivity contribution in [2.75, 3.05) is 0 Å². The van der Waals surface area contributed by atoms with Gasteiger partial charge in [-0.05, 0) is 37.1 Å². The van der Waals surface area contributed by atoms with E-state index in [4.69, 9.17) is 10.5 Å². The van der Waals surface area contributed by atoms with Gasteiger partial charge in [0.15, 0.2) is 0 Å². The molecule has 0 radical (unpaired) electrons. The molecule has 0 fully saturated rings. The topological polar surface area (TPSA) is 47.6 Å². The lowest BCUT2D eigenvalue weighted by atomic mass is 9.91. The van der Waals surface area contributed by atoms with Gasteiger partial charge in [-0.3, -0.25) is 0 Å². The average molecular weight is 242 g/mol. The van der Waals surface area contributed by atoms with Crippen LogP contribution in [0.1, 0.15) is 22.3 Å². The van der Waals surface area contributed by atoms with Crippen molar-refractivity contribution in [3.8, 4) is 12.1 Å². The van der Waals surface area contributed by atoms with E-state index in [1.54, 1.807) is 0 Å². The minimum atomic E-state index is -0.590. The van der Waals surface area contributed by atoms with E-state index in [9.17, 15) is 8.78 Å². The molecule has 0 saturated carbocycles. The van der Waals surface area contributed by atoms with Gasteiger partial charge in [0.2, 0.25) is 0 Å². The number of rotatable bonds is 0. The van der Waals surface area contributed by atoms with E-state index in [0.717, 1.165) is 12.1 Å². The summed E-state index contributed by atoms with van der Waals surface area (Å²) in [4.78, 5) is 0. The van der Waals surface area contributed by atoms with Crippen LogP contribution in [0.3, 0.4) is 0 Å². The monoisotopic (exact) mass is 242 g/mol. The van der Waals surface area contributed by atoms with Gasteiger partial charge in [0, 0.05) is 10.8 Å². The molecule has 2 nitrogen and oxygen atoms in total. The van der Waals surface area contributed by atoms with Crippen LogP contribution in [-0.2, 0) is 0 Å². The van der Waals surface area contributed by atoms with Crippen molar-refractivity contribution >= 4 is 10.8 Å². The molecule has 2 rings (SSSR count). The van der Waals surface area contributed by atoms with Crippen molar-refractivity contribution < 1.29 is 8.78 Å². The number of nitrogens with zero attached hydrogens (tertiary/aromatic N) is 2. The Hall–Kier alpha value is -2.46. The molecule has 0 N–H and O–H groups in total. The zero-order valence-corrected chi connectivity index (χ0v) is 9.81. The molecule has 0 saturated heterocycles. The summed E-state index contributed by atoms with van der Waals surface area (Å²) < 4.78 is 27.6. The van der Waals surface area contributed by atoms with E-state index in [0.29, 0.717) is 11.1 Å². The van der Waals surface area contributed by atoms with E-state index >= 15 is 0 Å². The fourth-order valence-electron chi connectivity index (χ4n) is 2.19. The Kier molecular flexibility index (Phi) is 2.73. The number of nitriles is 2. The predicted octanol–water partition coefficient (Wildman–Crippen LogP) is 3.48. The Labute approximate surface area is 103 Å². The van der Waals surface area contributed by atoms with E-state index < -0.39 is 11.6 Å². The van der Waals surface area contributed by atoms with Crippen molar-refractivity contribution in [1.82, 2.24) is 0 Å². The number of benzene rings is 2. The highest BCUT2D eigenvalue weighted by Gasteiger charge is 2.19. The first kappa shape index (κ1) is 12.0. The molecule has 0 bridgehead atoms. The molecule has 0 aliphatic heterocycles. The standard InChI is InChI=1S/C14H8F2N2/c1-7-9(5-17)10(6-18)8(2)14-12(16)4-3-11(15)13(7)14/h3-4H,1-2H3. The van der Waals surface area contributed by atoms with Crippen LogP contribution in [0, 0.1) is 48.1 Å². The van der Waals surface area contributed by atoms with Crippen molar-refractivity contribution in [2.45, 2.75) is 13.8 Å². The molecule has 0 unspecified atom stereocenters. The second-order valence-electron chi connectivity index (χ2n) is 4.00. The van der Waals surface area contributed by atoms with Gasteiger partial charge >= 0.3 is 0 Å². The molecular weight excluding hydrogens is 234 g/mol. The Bertz CT molecular complexity index is 685. The van der Waals surface area contributed by atoms with Crippen molar-refractivity contribution in [2.24, 2.45) is 0 Å². The largest absolute Gasteiger partial charge is 0.206 e. The van der Waals surface area contributed by atoms with E-state index in [2.05, 4.69) is 0 Å². The first-order valence-electron chi connectivity index (χ1n) is 5.24. The van der Waals surface area contributed by atoms with Crippen LogP contribution in [-0.4, -0.2) is 0 Å². The average Bonchev–Trinajstić information content (AvgIpc) is 2.35. The number of hydrogen-bond acceptors (Lipinski definition) is 2. The van der Waals surface area contributed by atoms with Crippen molar-refractivity contribution in [3.05, 3.63) is 46.0 Å². The summed E-state index contributed by atoms with van der Waals surface area (Å²) in [5.74, 6) is -1.18. The van der Waals surface area contributed by atoms with Gasteiger partial charge in [-0.1, -0.05) is 0 Å². The molecule has 2 aromatic rings. The molecule has 0 amide bonds. The maximum Gasteiger partial charge on any atom is 0.131 e. The smallest absolute Gasteiger partial charge is 0.131 e. The summed E-state index contributed by atoms with van der Waals surface area (Å²) >= 11 is 0. The van der Waals surface area contributed by atoms with E-state index in [1.807, 2.05) is 12.1 Å². The third-order valence-electron chi connectivity index (χ3n) is 3.08. The Balaban J connectivity index is 3.20. The molecule has 18 heavy (non-hydrogen) atoms. The molecule has 0 atom stereocenters.